The number of hydrogen-bond acceptors (Lipinski definition) is 8. The van der Waals surface area contributed by atoms with Crippen LogP contribution < -0.4 is 16.4 Å². The molecule has 1 aliphatic rings. The monoisotopic (exact) mass is 531 g/mol. The van der Waals surface area contributed by atoms with Crippen LogP contribution >= 0.6 is 0 Å². The number of fused-ring (bicyclic) bond motifs is 1. The maximum atomic E-state index is 12.9. The van der Waals surface area contributed by atoms with E-state index in [0.29, 0.717) is 22.7 Å². The smallest absolute Gasteiger partial charge is 0.475 e. The largest absolute Gasteiger partial charge is 0.490 e. The summed E-state index contributed by atoms with van der Waals surface area (Å²) in [5.41, 5.74) is 8.47. The first-order valence-electron chi connectivity index (χ1n) is 11.5. The van der Waals surface area contributed by atoms with Crippen molar-refractivity contribution in [3.63, 3.8) is 0 Å². The van der Waals surface area contributed by atoms with E-state index in [1.54, 1.807) is 40.2 Å². The normalized spacial score (nSPS) is 17.4. The van der Waals surface area contributed by atoms with Crippen molar-refractivity contribution in [3.05, 3.63) is 60.9 Å². The summed E-state index contributed by atoms with van der Waals surface area (Å²) in [7, 11) is 0. The van der Waals surface area contributed by atoms with Crippen LogP contribution in [0.25, 0.3) is 11.3 Å². The van der Waals surface area contributed by atoms with Gasteiger partial charge in [-0.25, -0.2) is 19.0 Å². The van der Waals surface area contributed by atoms with Crippen LogP contribution in [-0.4, -0.2) is 64.6 Å². The van der Waals surface area contributed by atoms with E-state index in [4.69, 9.17) is 15.6 Å². The molecule has 0 spiro atoms. The van der Waals surface area contributed by atoms with Crippen LogP contribution in [0.15, 0.2) is 55.4 Å². The molecule has 0 unspecified atom stereocenters. The number of carbonyl (C=O) groups excluding carboxylic acids is 1. The highest BCUT2D eigenvalue weighted by Crippen LogP contribution is 2.21. The number of hydrogen-bond donors (Lipinski definition) is 4. The minimum Gasteiger partial charge on any atom is -0.475 e. The lowest BCUT2D eigenvalue weighted by atomic mass is 9.91. The van der Waals surface area contributed by atoms with Crippen molar-refractivity contribution in [2.24, 2.45) is 5.73 Å². The molecule has 2 atom stereocenters. The van der Waals surface area contributed by atoms with Crippen molar-refractivity contribution in [2.75, 3.05) is 10.6 Å². The lowest BCUT2D eigenvalue weighted by Gasteiger charge is -2.29. The Bertz CT molecular complexity index is 1410. The molecule has 5 N–H and O–H groups in total. The second-order valence-electron chi connectivity index (χ2n) is 8.48. The maximum absolute atomic E-state index is 12.9. The van der Waals surface area contributed by atoms with Crippen LogP contribution in [0.4, 0.5) is 24.7 Å². The number of nitrogens with one attached hydrogen (secondary N) is 2. The van der Waals surface area contributed by atoms with Gasteiger partial charge in [-0.05, 0) is 31.0 Å². The summed E-state index contributed by atoms with van der Waals surface area (Å²) in [6, 6.07) is 5.85. The van der Waals surface area contributed by atoms with Gasteiger partial charge in [-0.1, -0.05) is 12.8 Å². The molecule has 4 aromatic heterocycles. The van der Waals surface area contributed by atoms with Crippen LogP contribution in [0.3, 0.4) is 0 Å². The Balaban J connectivity index is 0.000000426. The van der Waals surface area contributed by atoms with Gasteiger partial charge in [0.25, 0.3) is 5.91 Å². The topological polar surface area (TPSA) is 165 Å². The second kappa shape index (κ2) is 11.2. The Morgan fingerprint density at radius 2 is 1.87 bits per heavy atom. The number of halogens is 3. The van der Waals surface area contributed by atoms with Crippen LogP contribution in [-0.2, 0) is 4.79 Å². The number of amides is 1. The number of pyridine rings is 1. The van der Waals surface area contributed by atoms with Crippen LogP contribution in [0.1, 0.15) is 36.0 Å². The molecule has 1 saturated carbocycles. The number of alkyl halides is 3. The molecule has 0 saturated heterocycles. The maximum Gasteiger partial charge on any atom is 0.490 e. The van der Waals surface area contributed by atoms with Gasteiger partial charge in [0.1, 0.15) is 11.4 Å². The summed E-state index contributed by atoms with van der Waals surface area (Å²) in [4.78, 5) is 30.5. The van der Waals surface area contributed by atoms with Gasteiger partial charge in [0.05, 0.1) is 36.2 Å². The minimum atomic E-state index is -5.08. The number of carbonyl (C=O) groups is 2. The second-order valence-corrected chi connectivity index (χ2v) is 8.48. The number of anilines is 2. The fourth-order valence-electron chi connectivity index (χ4n) is 3.85. The minimum absolute atomic E-state index is 0.107. The van der Waals surface area contributed by atoms with Gasteiger partial charge in [0, 0.05) is 24.5 Å². The Labute approximate surface area is 213 Å². The Morgan fingerprint density at radius 1 is 1.11 bits per heavy atom. The number of carboxylic acids is 1. The van der Waals surface area contributed by atoms with E-state index in [1.807, 2.05) is 18.2 Å². The molecule has 1 amide bonds. The zero-order valence-corrected chi connectivity index (χ0v) is 19.8. The predicted molar refractivity (Wildman–Crippen MR) is 130 cm³/mol. The van der Waals surface area contributed by atoms with Gasteiger partial charge in [0.2, 0.25) is 0 Å². The molecule has 0 radical (unpaired) electrons. The molecule has 0 bridgehead atoms. The van der Waals surface area contributed by atoms with Crippen molar-refractivity contribution in [3.8, 4) is 5.69 Å². The third-order valence-corrected chi connectivity index (χ3v) is 5.76. The van der Waals surface area contributed by atoms with Crippen LogP contribution in [0.2, 0.25) is 0 Å². The fourth-order valence-corrected chi connectivity index (χ4v) is 3.85. The van der Waals surface area contributed by atoms with Gasteiger partial charge >= 0.3 is 12.1 Å². The molecule has 5 rings (SSSR count). The van der Waals surface area contributed by atoms with Crippen molar-refractivity contribution in [1.29, 1.82) is 0 Å². The molecule has 4 heterocycles. The van der Waals surface area contributed by atoms with Crippen molar-refractivity contribution >= 4 is 29.0 Å². The molecule has 0 aromatic carbocycles. The quantitative estimate of drug-likeness (QED) is 0.303. The first-order valence-corrected chi connectivity index (χ1v) is 11.5. The summed E-state index contributed by atoms with van der Waals surface area (Å²) in [5.74, 6) is -2.37. The predicted octanol–water partition coefficient (Wildman–Crippen LogP) is 2.88. The first-order chi connectivity index (χ1) is 18.1. The zero-order valence-electron chi connectivity index (χ0n) is 19.8. The number of aliphatic carboxylic acids is 1. The number of nitrogens with zero attached hydrogens (tertiary/aromatic N) is 6. The highest BCUT2D eigenvalue weighted by molar-refractivity contribution is 6.08. The van der Waals surface area contributed by atoms with E-state index in [1.165, 1.54) is 6.20 Å². The molecular weight excluding hydrogens is 507 g/mol. The third kappa shape index (κ3) is 6.42. The molecular formula is C23H24F3N9O3. The van der Waals surface area contributed by atoms with Gasteiger partial charge in [-0.15, -0.1) is 0 Å². The van der Waals surface area contributed by atoms with Gasteiger partial charge in [-0.2, -0.15) is 23.4 Å². The SMILES string of the molecule is N[C@@H]1CCCC[C@@H]1Nc1ccn2ncc(C(=O)Nc3cnn(-c4cccnc4)c3)c2n1.O=C(O)C(F)(F)F. The average molecular weight is 531 g/mol. The fraction of sp³-hybridized carbons (Fsp3) is 0.304. The van der Waals surface area contributed by atoms with E-state index in [-0.39, 0.29) is 18.0 Å². The van der Waals surface area contributed by atoms with Crippen molar-refractivity contribution in [2.45, 2.75) is 43.9 Å². The van der Waals surface area contributed by atoms with Gasteiger partial charge < -0.3 is 21.5 Å². The highest BCUT2D eigenvalue weighted by atomic mass is 19.4. The third-order valence-electron chi connectivity index (χ3n) is 5.76. The number of rotatable bonds is 5. The van der Waals surface area contributed by atoms with E-state index in [2.05, 4.69) is 30.8 Å². The molecule has 1 fully saturated rings. The summed E-state index contributed by atoms with van der Waals surface area (Å²) in [6.45, 7) is 0. The Morgan fingerprint density at radius 3 is 2.55 bits per heavy atom. The molecule has 0 aliphatic heterocycles. The first kappa shape index (κ1) is 26.5. The molecule has 12 nitrogen and oxygen atoms in total. The Kier molecular flexibility index (Phi) is 7.85. The van der Waals surface area contributed by atoms with E-state index < -0.39 is 12.1 Å². The molecule has 200 valence electrons. The lowest BCUT2D eigenvalue weighted by molar-refractivity contribution is -0.192. The summed E-state index contributed by atoms with van der Waals surface area (Å²) in [5, 5.41) is 21.9. The van der Waals surface area contributed by atoms with Crippen molar-refractivity contribution < 1.29 is 27.9 Å². The van der Waals surface area contributed by atoms with Gasteiger partial charge in [0.15, 0.2) is 5.65 Å². The standard InChI is InChI=1S/C21H23N9O.C2HF3O2/c22-17-5-1-2-6-18(17)27-19-7-9-29-20(28-19)16(12-25-29)21(31)26-14-10-24-30(13-14)15-4-3-8-23-11-15;3-2(4,5)1(6)7/h3-4,7-13,17-18H,1-2,5-6,22H2,(H,26,31)(H,27,28);(H,6,7)/t17-,18+;/m1./s1. The number of nitrogens with two attached hydrogens (primary N) is 1. The van der Waals surface area contributed by atoms with Crippen molar-refractivity contribution in [1.82, 2.24) is 29.4 Å². The molecule has 15 heteroatoms. The van der Waals surface area contributed by atoms with Crippen LogP contribution in [0.5, 0.6) is 0 Å². The average Bonchev–Trinajstić information content (AvgIpc) is 3.53. The van der Waals surface area contributed by atoms with Gasteiger partial charge in [-0.3, -0.25) is 9.78 Å². The summed E-state index contributed by atoms with van der Waals surface area (Å²) >= 11 is 0. The van der Waals surface area contributed by atoms with E-state index >= 15 is 0 Å². The van der Waals surface area contributed by atoms with E-state index in [0.717, 1.165) is 31.4 Å². The highest BCUT2D eigenvalue weighted by Gasteiger charge is 2.38. The Hall–Kier alpha value is -4.53. The zero-order chi connectivity index (χ0) is 27.3. The number of aromatic nitrogens is 6. The molecule has 38 heavy (non-hydrogen) atoms. The van der Waals surface area contributed by atoms with E-state index in [9.17, 15) is 18.0 Å². The molecule has 1 aliphatic carbocycles. The summed E-state index contributed by atoms with van der Waals surface area (Å²) < 4.78 is 35.0. The number of carboxylic acid groups (broad SMARTS) is 1. The molecule has 4 aromatic rings. The lowest BCUT2D eigenvalue weighted by Crippen LogP contribution is -2.42. The summed E-state index contributed by atoms with van der Waals surface area (Å²) in [6.07, 6.45) is 9.26. The van der Waals surface area contributed by atoms with Crippen LogP contribution in [0, 0.1) is 0 Å².